The number of hydrogen-bond acceptors (Lipinski definition) is 3. The van der Waals surface area contributed by atoms with Crippen molar-refractivity contribution in [2.75, 3.05) is 0 Å². The Bertz CT molecular complexity index is 526. The van der Waals surface area contributed by atoms with Crippen molar-refractivity contribution in [1.82, 2.24) is 4.98 Å². The van der Waals surface area contributed by atoms with Gasteiger partial charge in [0.2, 0.25) is 0 Å². The molecule has 0 saturated carbocycles. The first-order valence-electron chi connectivity index (χ1n) is 5.17. The highest BCUT2D eigenvalue weighted by atomic mass is 35.5. The lowest BCUT2D eigenvalue weighted by molar-refractivity contribution is 0.318. The fourth-order valence-corrected chi connectivity index (χ4v) is 1.73. The van der Waals surface area contributed by atoms with Gasteiger partial charge in [-0.1, -0.05) is 53.2 Å². The van der Waals surface area contributed by atoms with Crippen molar-refractivity contribution in [1.29, 1.82) is 0 Å². The highest BCUT2D eigenvalue weighted by Crippen LogP contribution is 2.09. The molecule has 0 unspecified atom stereocenters. The molecule has 1 heterocycles. The maximum Gasteiger partial charge on any atom is 0.129 e. The molecule has 17 heavy (non-hydrogen) atoms. The van der Waals surface area contributed by atoms with Crippen LogP contribution in [0.3, 0.4) is 0 Å². The predicted octanol–water partition coefficient (Wildman–Crippen LogP) is 3.16. The molecule has 0 atom stereocenters. The Balaban J connectivity index is 2.23. The lowest BCUT2D eigenvalue weighted by Gasteiger charge is -2.04. The van der Waals surface area contributed by atoms with Gasteiger partial charge in [0.15, 0.2) is 0 Å². The number of benzene rings is 1. The molecule has 3 nitrogen and oxygen atoms in total. The first kappa shape index (κ1) is 11.6. The van der Waals surface area contributed by atoms with Crippen LogP contribution in [-0.2, 0) is 6.42 Å². The van der Waals surface area contributed by atoms with Crippen molar-refractivity contribution >= 4 is 17.3 Å². The SMILES string of the molecule is O/N=C(/Cc1cccc(Cl)n1)c1ccccc1. The van der Waals surface area contributed by atoms with E-state index in [4.69, 9.17) is 16.8 Å². The van der Waals surface area contributed by atoms with E-state index in [1.165, 1.54) is 0 Å². The zero-order chi connectivity index (χ0) is 12.1. The van der Waals surface area contributed by atoms with Gasteiger partial charge in [0.05, 0.1) is 5.71 Å². The number of nitrogens with zero attached hydrogens (tertiary/aromatic N) is 2. The Kier molecular flexibility index (Phi) is 3.73. The molecule has 4 heteroatoms. The van der Waals surface area contributed by atoms with Crippen LogP contribution in [0.5, 0.6) is 0 Å². The van der Waals surface area contributed by atoms with Crippen molar-refractivity contribution < 1.29 is 5.21 Å². The van der Waals surface area contributed by atoms with Crippen LogP contribution in [-0.4, -0.2) is 15.9 Å². The van der Waals surface area contributed by atoms with Gasteiger partial charge in [-0.15, -0.1) is 0 Å². The van der Waals surface area contributed by atoms with Gasteiger partial charge in [-0.25, -0.2) is 4.98 Å². The zero-order valence-electron chi connectivity index (χ0n) is 9.05. The molecule has 0 saturated heterocycles. The van der Waals surface area contributed by atoms with Crippen LogP contribution in [0.25, 0.3) is 0 Å². The number of halogens is 1. The Hall–Kier alpha value is -1.87. The molecule has 1 aromatic carbocycles. The van der Waals surface area contributed by atoms with E-state index >= 15 is 0 Å². The molecule has 0 bridgehead atoms. The summed E-state index contributed by atoms with van der Waals surface area (Å²) in [5.74, 6) is 0. The van der Waals surface area contributed by atoms with E-state index in [1.54, 1.807) is 6.07 Å². The van der Waals surface area contributed by atoms with Crippen molar-refractivity contribution in [3.8, 4) is 0 Å². The molecule has 0 fully saturated rings. The molecular weight excluding hydrogens is 236 g/mol. The minimum Gasteiger partial charge on any atom is -0.411 e. The van der Waals surface area contributed by atoms with Crippen molar-refractivity contribution in [3.63, 3.8) is 0 Å². The molecule has 0 amide bonds. The smallest absolute Gasteiger partial charge is 0.129 e. The summed E-state index contributed by atoms with van der Waals surface area (Å²) in [6.07, 6.45) is 0.446. The van der Waals surface area contributed by atoms with Gasteiger partial charge in [-0.05, 0) is 17.7 Å². The second-order valence-electron chi connectivity index (χ2n) is 3.54. The number of hydrogen-bond donors (Lipinski definition) is 1. The van der Waals surface area contributed by atoms with E-state index in [0.717, 1.165) is 11.3 Å². The number of oxime groups is 1. The monoisotopic (exact) mass is 246 g/mol. The van der Waals surface area contributed by atoms with Gasteiger partial charge >= 0.3 is 0 Å². The van der Waals surface area contributed by atoms with E-state index in [-0.39, 0.29) is 0 Å². The highest BCUT2D eigenvalue weighted by Gasteiger charge is 2.06. The minimum atomic E-state index is 0.438. The normalized spacial score (nSPS) is 11.5. The Morgan fingerprint density at radius 2 is 1.88 bits per heavy atom. The average Bonchev–Trinajstić information content (AvgIpc) is 2.37. The third-order valence-electron chi connectivity index (χ3n) is 2.35. The maximum atomic E-state index is 9.04. The van der Waals surface area contributed by atoms with Crippen molar-refractivity contribution in [2.24, 2.45) is 5.16 Å². The first-order valence-corrected chi connectivity index (χ1v) is 5.55. The van der Waals surface area contributed by atoms with Crippen LogP contribution in [0.2, 0.25) is 5.15 Å². The van der Waals surface area contributed by atoms with Gasteiger partial charge in [-0.2, -0.15) is 0 Å². The lowest BCUT2D eigenvalue weighted by atomic mass is 10.1. The van der Waals surface area contributed by atoms with Gasteiger partial charge < -0.3 is 5.21 Å². The molecule has 86 valence electrons. The summed E-state index contributed by atoms with van der Waals surface area (Å²) in [4.78, 5) is 4.16. The molecule has 0 radical (unpaired) electrons. The summed E-state index contributed by atoms with van der Waals surface area (Å²) in [6, 6.07) is 14.9. The van der Waals surface area contributed by atoms with E-state index in [9.17, 15) is 0 Å². The van der Waals surface area contributed by atoms with Crippen molar-refractivity contribution in [3.05, 3.63) is 64.9 Å². The molecule has 2 rings (SSSR count). The highest BCUT2D eigenvalue weighted by molar-refractivity contribution is 6.29. The molecular formula is C13H11ClN2O. The molecule has 0 aliphatic carbocycles. The van der Waals surface area contributed by atoms with Gasteiger partial charge in [0.1, 0.15) is 5.15 Å². The zero-order valence-corrected chi connectivity index (χ0v) is 9.80. The fourth-order valence-electron chi connectivity index (χ4n) is 1.55. The van der Waals surface area contributed by atoms with Gasteiger partial charge in [0.25, 0.3) is 0 Å². The summed E-state index contributed by atoms with van der Waals surface area (Å²) in [5.41, 5.74) is 2.21. The lowest BCUT2D eigenvalue weighted by Crippen LogP contribution is -2.06. The Morgan fingerprint density at radius 3 is 2.53 bits per heavy atom. The van der Waals surface area contributed by atoms with Crippen LogP contribution < -0.4 is 0 Å². The quantitative estimate of drug-likeness (QED) is 0.391. The fraction of sp³-hybridized carbons (Fsp3) is 0.0769. The van der Waals surface area contributed by atoms with E-state index in [2.05, 4.69) is 10.1 Å². The van der Waals surface area contributed by atoms with Crippen LogP contribution in [0.15, 0.2) is 53.7 Å². The summed E-state index contributed by atoms with van der Waals surface area (Å²) in [5, 5.41) is 12.8. The Labute approximate surface area is 104 Å². The molecule has 1 aromatic heterocycles. The standard InChI is InChI=1S/C13H11ClN2O/c14-13-8-4-7-11(15-13)9-12(16-17)10-5-2-1-3-6-10/h1-8,17H,9H2/b16-12-. The largest absolute Gasteiger partial charge is 0.411 e. The summed E-state index contributed by atoms with van der Waals surface area (Å²) < 4.78 is 0. The van der Waals surface area contributed by atoms with Crippen LogP contribution in [0.4, 0.5) is 0 Å². The second-order valence-corrected chi connectivity index (χ2v) is 3.93. The van der Waals surface area contributed by atoms with E-state index in [0.29, 0.717) is 17.3 Å². The van der Waals surface area contributed by atoms with Crippen LogP contribution in [0, 0.1) is 0 Å². The third-order valence-corrected chi connectivity index (χ3v) is 2.56. The minimum absolute atomic E-state index is 0.438. The summed E-state index contributed by atoms with van der Waals surface area (Å²) in [6.45, 7) is 0. The number of pyridine rings is 1. The first-order chi connectivity index (χ1) is 8.29. The third kappa shape index (κ3) is 3.04. The number of rotatable bonds is 3. The van der Waals surface area contributed by atoms with Gasteiger partial charge in [-0.3, -0.25) is 0 Å². The van der Waals surface area contributed by atoms with Gasteiger partial charge in [0, 0.05) is 12.1 Å². The molecule has 2 aromatic rings. The van der Waals surface area contributed by atoms with Crippen LogP contribution in [0.1, 0.15) is 11.3 Å². The molecule has 1 N–H and O–H groups in total. The van der Waals surface area contributed by atoms with E-state index in [1.807, 2.05) is 42.5 Å². The summed E-state index contributed by atoms with van der Waals surface area (Å²) >= 11 is 5.80. The second kappa shape index (κ2) is 5.46. The van der Waals surface area contributed by atoms with Crippen LogP contribution >= 0.6 is 11.6 Å². The van der Waals surface area contributed by atoms with Crippen molar-refractivity contribution in [2.45, 2.75) is 6.42 Å². The number of aromatic nitrogens is 1. The molecule has 0 spiro atoms. The molecule has 0 aliphatic rings. The topological polar surface area (TPSA) is 45.5 Å². The Morgan fingerprint density at radius 1 is 1.12 bits per heavy atom. The average molecular weight is 247 g/mol. The van der Waals surface area contributed by atoms with E-state index < -0.39 is 0 Å². The molecule has 0 aliphatic heterocycles. The predicted molar refractivity (Wildman–Crippen MR) is 67.7 cm³/mol. The summed E-state index contributed by atoms with van der Waals surface area (Å²) in [7, 11) is 0. The maximum absolute atomic E-state index is 9.04.